The largest absolute Gasteiger partial charge is 0.469 e. The summed E-state index contributed by atoms with van der Waals surface area (Å²) in [4.78, 5) is 21.2. The first-order valence-electron chi connectivity index (χ1n) is 10.5. The van der Waals surface area contributed by atoms with Gasteiger partial charge in [-0.2, -0.15) is 0 Å². The number of furan rings is 1. The van der Waals surface area contributed by atoms with Crippen molar-refractivity contribution >= 4 is 0 Å². The second-order valence-corrected chi connectivity index (χ2v) is 8.06. The highest BCUT2D eigenvalue weighted by Gasteiger charge is 2.22. The Kier molecular flexibility index (Phi) is 4.98. The highest BCUT2D eigenvalue weighted by molar-refractivity contribution is 5.62. The Hall–Kier alpha value is -3.93. The standard InChI is InChI=1S/C26H22FN3O2/c1-16-6-3-8-18(12-16)13-21-25-29-22(14-19-9-5-11-32-19)26(31)30(25)15-23(28-21)20-10-4-7-17(2)24(20)27/h3-12,15,28H,13-14H2,1-2H3. The Morgan fingerprint density at radius 3 is 2.69 bits per heavy atom. The topological polar surface area (TPSA) is 63.8 Å². The SMILES string of the molecule is Cc1cccc(Cc2[nH]c(-c3cccc(C)c3F)cn3c(=O)c(Cc4ccco4)nc2-3)c1. The number of fused-ring (bicyclic) bond motifs is 1. The van der Waals surface area contributed by atoms with Crippen LogP contribution in [0.3, 0.4) is 0 Å². The molecule has 1 aromatic heterocycles. The fourth-order valence-electron chi connectivity index (χ4n) is 4.01. The minimum Gasteiger partial charge on any atom is -0.469 e. The maximum atomic E-state index is 14.9. The van der Waals surface area contributed by atoms with E-state index in [-0.39, 0.29) is 11.4 Å². The molecule has 5 rings (SSSR count). The van der Waals surface area contributed by atoms with Gasteiger partial charge in [-0.3, -0.25) is 9.36 Å². The average Bonchev–Trinajstić information content (AvgIpc) is 3.39. The zero-order chi connectivity index (χ0) is 22.2. The van der Waals surface area contributed by atoms with Crippen molar-refractivity contribution < 1.29 is 8.81 Å². The number of rotatable bonds is 5. The van der Waals surface area contributed by atoms with Crippen molar-refractivity contribution in [2.75, 3.05) is 0 Å². The fourth-order valence-corrected chi connectivity index (χ4v) is 4.01. The summed E-state index contributed by atoms with van der Waals surface area (Å²) < 4.78 is 21.8. The second kappa shape index (κ2) is 7.96. The van der Waals surface area contributed by atoms with Crippen molar-refractivity contribution in [1.82, 2.24) is 14.5 Å². The molecule has 0 unspecified atom stereocenters. The normalized spacial score (nSPS) is 11.3. The minimum atomic E-state index is -0.312. The molecule has 5 nitrogen and oxygen atoms in total. The number of aryl methyl sites for hydroxylation is 2. The van der Waals surface area contributed by atoms with E-state index in [0.29, 0.717) is 46.9 Å². The first-order chi connectivity index (χ1) is 15.5. The number of H-pyrrole nitrogens is 1. The van der Waals surface area contributed by atoms with E-state index >= 15 is 0 Å². The Balaban J connectivity index is 1.69. The van der Waals surface area contributed by atoms with Gasteiger partial charge in [0.25, 0.3) is 5.56 Å². The third kappa shape index (κ3) is 3.64. The van der Waals surface area contributed by atoms with Gasteiger partial charge in [-0.15, -0.1) is 0 Å². The summed E-state index contributed by atoms with van der Waals surface area (Å²) in [5, 5.41) is 0. The summed E-state index contributed by atoms with van der Waals surface area (Å²) in [5.74, 6) is 0.891. The molecule has 0 bridgehead atoms. The lowest BCUT2D eigenvalue weighted by molar-refractivity contribution is 0.519. The zero-order valence-corrected chi connectivity index (χ0v) is 17.9. The highest BCUT2D eigenvalue weighted by Crippen LogP contribution is 2.27. The number of hydrogen-bond donors (Lipinski definition) is 1. The average molecular weight is 427 g/mol. The number of nitrogens with zero attached hydrogens (tertiary/aromatic N) is 2. The van der Waals surface area contributed by atoms with E-state index in [1.165, 1.54) is 4.57 Å². The van der Waals surface area contributed by atoms with Crippen LogP contribution < -0.4 is 5.56 Å². The number of hydrogen-bond acceptors (Lipinski definition) is 3. The molecule has 1 N–H and O–H groups in total. The van der Waals surface area contributed by atoms with Gasteiger partial charge in [0.2, 0.25) is 0 Å². The van der Waals surface area contributed by atoms with Crippen molar-refractivity contribution in [3.8, 4) is 17.1 Å². The summed E-state index contributed by atoms with van der Waals surface area (Å²) in [6.45, 7) is 3.76. The van der Waals surface area contributed by atoms with Crippen molar-refractivity contribution in [2.45, 2.75) is 26.7 Å². The van der Waals surface area contributed by atoms with Crippen LogP contribution in [0.5, 0.6) is 0 Å². The predicted molar refractivity (Wildman–Crippen MR) is 121 cm³/mol. The number of benzene rings is 2. The molecule has 3 heterocycles. The second-order valence-electron chi connectivity index (χ2n) is 8.06. The number of nitrogens with one attached hydrogen (secondary N) is 1. The summed E-state index contributed by atoms with van der Waals surface area (Å²) in [5.41, 5.74) is 4.61. The predicted octanol–water partition coefficient (Wildman–Crippen LogP) is 5.20. The molecule has 6 heteroatoms. The highest BCUT2D eigenvalue weighted by atomic mass is 19.1. The first kappa shape index (κ1) is 20.0. The summed E-state index contributed by atoms with van der Waals surface area (Å²) in [7, 11) is 0. The molecule has 2 aliphatic heterocycles. The number of aromatic nitrogens is 3. The van der Waals surface area contributed by atoms with E-state index in [2.05, 4.69) is 16.0 Å². The Morgan fingerprint density at radius 1 is 1.06 bits per heavy atom. The first-order valence-corrected chi connectivity index (χ1v) is 10.5. The van der Waals surface area contributed by atoms with Gasteiger partial charge in [0, 0.05) is 18.2 Å². The Labute approximate surface area is 184 Å². The lowest BCUT2D eigenvalue weighted by atomic mass is 10.1. The third-order valence-corrected chi connectivity index (χ3v) is 5.62. The van der Waals surface area contributed by atoms with Gasteiger partial charge in [0.05, 0.1) is 24.1 Å². The maximum Gasteiger partial charge on any atom is 0.278 e. The van der Waals surface area contributed by atoms with Gasteiger partial charge >= 0.3 is 0 Å². The van der Waals surface area contributed by atoms with Gasteiger partial charge in [0.1, 0.15) is 17.3 Å². The van der Waals surface area contributed by atoms with E-state index in [4.69, 9.17) is 4.42 Å². The summed E-state index contributed by atoms with van der Waals surface area (Å²) in [6, 6.07) is 17.0. The Morgan fingerprint density at radius 2 is 1.91 bits per heavy atom. The number of halogens is 1. The van der Waals surface area contributed by atoms with Crippen LogP contribution in [0.2, 0.25) is 0 Å². The van der Waals surface area contributed by atoms with Crippen LogP contribution in [0.25, 0.3) is 17.1 Å². The maximum absolute atomic E-state index is 14.9. The van der Waals surface area contributed by atoms with E-state index in [0.717, 1.165) is 16.8 Å². The lowest BCUT2D eigenvalue weighted by Crippen LogP contribution is -2.18. The van der Waals surface area contributed by atoms with E-state index in [1.807, 2.05) is 31.2 Å². The van der Waals surface area contributed by atoms with E-state index in [1.54, 1.807) is 43.6 Å². The molecule has 0 aliphatic carbocycles. The van der Waals surface area contributed by atoms with Gasteiger partial charge < -0.3 is 9.40 Å². The van der Waals surface area contributed by atoms with Gasteiger partial charge in [0.15, 0.2) is 5.82 Å². The minimum absolute atomic E-state index is 0.231. The molecule has 0 spiro atoms. The molecular formula is C26H22FN3O2. The van der Waals surface area contributed by atoms with Crippen LogP contribution in [0.4, 0.5) is 4.39 Å². The van der Waals surface area contributed by atoms with Crippen LogP contribution in [0.15, 0.2) is 76.3 Å². The van der Waals surface area contributed by atoms with Gasteiger partial charge in [-0.1, -0.05) is 42.0 Å². The molecule has 0 atom stereocenters. The fraction of sp³-hybridized carbons (Fsp3) is 0.154. The van der Waals surface area contributed by atoms with Crippen LogP contribution in [0, 0.1) is 19.7 Å². The van der Waals surface area contributed by atoms with Crippen LogP contribution >= 0.6 is 0 Å². The van der Waals surface area contributed by atoms with Crippen molar-refractivity contribution in [2.24, 2.45) is 0 Å². The molecule has 0 fully saturated rings. The molecule has 3 aromatic rings. The van der Waals surface area contributed by atoms with Crippen molar-refractivity contribution in [1.29, 1.82) is 0 Å². The monoisotopic (exact) mass is 427 g/mol. The van der Waals surface area contributed by atoms with E-state index in [9.17, 15) is 9.18 Å². The van der Waals surface area contributed by atoms with Crippen LogP contribution in [-0.2, 0) is 12.8 Å². The lowest BCUT2D eigenvalue weighted by Gasteiger charge is -2.14. The third-order valence-electron chi connectivity index (χ3n) is 5.62. The molecule has 0 amide bonds. The molecule has 0 saturated heterocycles. The zero-order valence-electron chi connectivity index (χ0n) is 17.9. The van der Waals surface area contributed by atoms with Crippen LogP contribution in [0.1, 0.15) is 33.8 Å². The molecule has 2 aromatic carbocycles. The molecule has 160 valence electrons. The summed E-state index contributed by atoms with van der Waals surface area (Å²) in [6.07, 6.45) is 4.04. The van der Waals surface area contributed by atoms with Crippen molar-refractivity contribution in [3.63, 3.8) is 0 Å². The molecule has 2 aliphatic rings. The van der Waals surface area contributed by atoms with Crippen LogP contribution in [-0.4, -0.2) is 14.5 Å². The quantitative estimate of drug-likeness (QED) is 0.420. The van der Waals surface area contributed by atoms with Gasteiger partial charge in [-0.25, -0.2) is 9.37 Å². The molecule has 0 saturated carbocycles. The molecular weight excluding hydrogens is 405 g/mol. The molecule has 0 radical (unpaired) electrons. The van der Waals surface area contributed by atoms with Crippen molar-refractivity contribution in [3.05, 3.63) is 117 Å². The van der Waals surface area contributed by atoms with Gasteiger partial charge in [-0.05, 0) is 43.2 Å². The van der Waals surface area contributed by atoms with E-state index < -0.39 is 0 Å². The number of imidazole rings is 1. The Bertz CT molecular complexity index is 1430. The number of aromatic amines is 1. The smallest absolute Gasteiger partial charge is 0.278 e. The summed E-state index contributed by atoms with van der Waals surface area (Å²) >= 11 is 0. The molecule has 32 heavy (non-hydrogen) atoms.